The van der Waals surface area contributed by atoms with Crippen LogP contribution < -0.4 is 10.1 Å². The van der Waals surface area contributed by atoms with Crippen LogP contribution in [0.5, 0.6) is 5.75 Å². The van der Waals surface area contributed by atoms with E-state index >= 15 is 0 Å². The van der Waals surface area contributed by atoms with Crippen molar-refractivity contribution in [3.63, 3.8) is 0 Å². The highest BCUT2D eigenvalue weighted by Crippen LogP contribution is 2.21. The fourth-order valence-corrected chi connectivity index (χ4v) is 3.40. The van der Waals surface area contributed by atoms with Crippen LogP contribution in [-0.4, -0.2) is 22.1 Å². The molecule has 0 spiro atoms. The molecule has 29 heavy (non-hydrogen) atoms. The number of aryl methyl sites for hydroxylation is 1. The lowest BCUT2D eigenvalue weighted by Gasteiger charge is -2.19. The van der Waals surface area contributed by atoms with Crippen molar-refractivity contribution in [1.29, 1.82) is 0 Å². The van der Waals surface area contributed by atoms with Gasteiger partial charge in [-0.2, -0.15) is 0 Å². The average Bonchev–Trinajstić information content (AvgIpc) is 3.09. The van der Waals surface area contributed by atoms with Crippen LogP contribution in [0.3, 0.4) is 0 Å². The molecule has 1 atom stereocenters. The van der Waals surface area contributed by atoms with E-state index < -0.39 is 0 Å². The molecule has 1 aromatic heterocycles. The third-order valence-electron chi connectivity index (χ3n) is 4.92. The lowest BCUT2D eigenvalue weighted by atomic mass is 10.0. The number of ether oxygens (including phenoxy) is 1. The summed E-state index contributed by atoms with van der Waals surface area (Å²) in [6.07, 6.45) is 0.590. The Kier molecular flexibility index (Phi) is 5.56. The zero-order valence-corrected chi connectivity index (χ0v) is 16.3. The largest absolute Gasteiger partial charge is 0.484 e. The number of fused-ring (bicyclic) bond motifs is 1. The minimum absolute atomic E-state index is 0.0319. The summed E-state index contributed by atoms with van der Waals surface area (Å²) >= 11 is 0. The number of aromatic nitrogens is 2. The molecular formula is C24H23N3O2. The van der Waals surface area contributed by atoms with Gasteiger partial charge in [-0.25, -0.2) is 4.98 Å². The van der Waals surface area contributed by atoms with Gasteiger partial charge in [0, 0.05) is 13.5 Å². The average molecular weight is 385 g/mol. The van der Waals surface area contributed by atoms with Crippen LogP contribution in [0.15, 0.2) is 84.9 Å². The lowest BCUT2D eigenvalue weighted by Crippen LogP contribution is -2.34. The van der Waals surface area contributed by atoms with Crippen molar-refractivity contribution in [2.45, 2.75) is 12.5 Å². The molecule has 0 bridgehead atoms. The van der Waals surface area contributed by atoms with E-state index in [9.17, 15) is 4.79 Å². The zero-order chi connectivity index (χ0) is 20.1. The molecule has 0 aliphatic heterocycles. The molecule has 3 aromatic carbocycles. The summed E-state index contributed by atoms with van der Waals surface area (Å²) in [5, 5.41) is 3.11. The Hall–Kier alpha value is -3.60. The van der Waals surface area contributed by atoms with Gasteiger partial charge in [0.2, 0.25) is 0 Å². The molecule has 0 radical (unpaired) electrons. The molecule has 0 aliphatic carbocycles. The second kappa shape index (κ2) is 8.61. The second-order valence-corrected chi connectivity index (χ2v) is 6.91. The molecular weight excluding hydrogens is 362 g/mol. The maximum absolute atomic E-state index is 12.6. The SMILES string of the molecule is Cn1c(C[C@H](NC(=O)COc2ccccc2)c2ccccc2)nc2ccccc21. The third kappa shape index (κ3) is 4.46. The summed E-state index contributed by atoms with van der Waals surface area (Å²) in [6, 6.07) is 27.1. The van der Waals surface area contributed by atoms with Gasteiger partial charge >= 0.3 is 0 Å². The number of amides is 1. The van der Waals surface area contributed by atoms with Gasteiger partial charge in [-0.05, 0) is 29.8 Å². The van der Waals surface area contributed by atoms with Gasteiger partial charge in [-0.15, -0.1) is 0 Å². The highest BCUT2D eigenvalue weighted by molar-refractivity contribution is 5.78. The summed E-state index contributed by atoms with van der Waals surface area (Å²) < 4.78 is 7.67. The van der Waals surface area contributed by atoms with Crippen LogP contribution in [0.4, 0.5) is 0 Å². The van der Waals surface area contributed by atoms with Crippen LogP contribution in [0, 0.1) is 0 Å². The van der Waals surface area contributed by atoms with Gasteiger partial charge in [0.05, 0.1) is 17.1 Å². The first-order chi connectivity index (χ1) is 14.2. The number of nitrogens with zero attached hydrogens (tertiary/aromatic N) is 2. The number of rotatable bonds is 7. The summed E-state index contributed by atoms with van der Waals surface area (Å²) in [5.74, 6) is 1.43. The predicted octanol–water partition coefficient (Wildman–Crippen LogP) is 4.05. The van der Waals surface area contributed by atoms with Crippen molar-refractivity contribution >= 4 is 16.9 Å². The van der Waals surface area contributed by atoms with E-state index in [-0.39, 0.29) is 18.6 Å². The van der Waals surface area contributed by atoms with Crippen molar-refractivity contribution in [3.05, 3.63) is 96.3 Å². The van der Waals surface area contributed by atoms with Gasteiger partial charge in [-0.3, -0.25) is 4.79 Å². The van der Waals surface area contributed by atoms with Crippen molar-refractivity contribution in [2.75, 3.05) is 6.61 Å². The van der Waals surface area contributed by atoms with E-state index in [1.165, 1.54) is 0 Å². The van der Waals surface area contributed by atoms with Crippen molar-refractivity contribution in [2.24, 2.45) is 7.05 Å². The van der Waals surface area contributed by atoms with Gasteiger partial charge in [0.25, 0.3) is 5.91 Å². The van der Waals surface area contributed by atoms with E-state index in [4.69, 9.17) is 9.72 Å². The summed E-state index contributed by atoms with van der Waals surface area (Å²) in [7, 11) is 2.01. The number of imidazole rings is 1. The molecule has 4 aromatic rings. The second-order valence-electron chi connectivity index (χ2n) is 6.91. The first kappa shape index (κ1) is 18.7. The number of nitrogens with one attached hydrogen (secondary N) is 1. The molecule has 146 valence electrons. The Labute approximate surface area is 170 Å². The Morgan fingerprint density at radius 1 is 0.966 bits per heavy atom. The molecule has 0 aliphatic rings. The molecule has 0 saturated carbocycles. The van der Waals surface area contributed by atoms with Crippen LogP contribution in [0.25, 0.3) is 11.0 Å². The smallest absolute Gasteiger partial charge is 0.258 e. The maximum atomic E-state index is 12.6. The first-order valence-electron chi connectivity index (χ1n) is 9.63. The Morgan fingerprint density at radius 2 is 1.62 bits per heavy atom. The first-order valence-corrected chi connectivity index (χ1v) is 9.63. The summed E-state index contributed by atoms with van der Waals surface area (Å²) in [4.78, 5) is 17.3. The number of hydrogen-bond acceptors (Lipinski definition) is 3. The Morgan fingerprint density at radius 3 is 2.34 bits per heavy atom. The molecule has 1 N–H and O–H groups in total. The van der Waals surface area contributed by atoms with Crippen LogP contribution in [0.1, 0.15) is 17.4 Å². The van der Waals surface area contributed by atoms with Crippen molar-refractivity contribution in [1.82, 2.24) is 14.9 Å². The highest BCUT2D eigenvalue weighted by atomic mass is 16.5. The molecule has 5 nitrogen and oxygen atoms in total. The number of carbonyl (C=O) groups is 1. The topological polar surface area (TPSA) is 56.2 Å². The monoisotopic (exact) mass is 385 g/mol. The number of carbonyl (C=O) groups excluding carboxylic acids is 1. The molecule has 4 rings (SSSR count). The van der Waals surface area contributed by atoms with Gasteiger partial charge in [-0.1, -0.05) is 60.7 Å². The Bertz CT molecular complexity index is 1090. The number of benzene rings is 3. The normalized spacial score (nSPS) is 11.9. The van der Waals surface area contributed by atoms with Gasteiger partial charge < -0.3 is 14.6 Å². The molecule has 0 saturated heterocycles. The molecule has 5 heteroatoms. The molecule has 0 unspecified atom stereocenters. The molecule has 0 fully saturated rings. The van der Waals surface area contributed by atoms with Crippen molar-refractivity contribution in [3.8, 4) is 5.75 Å². The Balaban J connectivity index is 1.52. The van der Waals surface area contributed by atoms with E-state index in [1.54, 1.807) is 0 Å². The van der Waals surface area contributed by atoms with Crippen LogP contribution in [0.2, 0.25) is 0 Å². The van der Waals surface area contributed by atoms with Crippen LogP contribution >= 0.6 is 0 Å². The lowest BCUT2D eigenvalue weighted by molar-refractivity contribution is -0.123. The highest BCUT2D eigenvalue weighted by Gasteiger charge is 2.19. The van der Waals surface area contributed by atoms with Gasteiger partial charge in [0.1, 0.15) is 11.6 Å². The van der Waals surface area contributed by atoms with Gasteiger partial charge in [0.15, 0.2) is 6.61 Å². The molecule has 1 amide bonds. The number of hydrogen-bond donors (Lipinski definition) is 1. The van der Waals surface area contributed by atoms with E-state index in [0.717, 1.165) is 22.4 Å². The predicted molar refractivity (Wildman–Crippen MR) is 114 cm³/mol. The summed E-state index contributed by atoms with van der Waals surface area (Å²) in [6.45, 7) is -0.0319. The van der Waals surface area contributed by atoms with Crippen LogP contribution in [-0.2, 0) is 18.3 Å². The maximum Gasteiger partial charge on any atom is 0.258 e. The minimum Gasteiger partial charge on any atom is -0.484 e. The van der Waals surface area contributed by atoms with Crippen molar-refractivity contribution < 1.29 is 9.53 Å². The minimum atomic E-state index is -0.196. The quantitative estimate of drug-likeness (QED) is 0.522. The fourth-order valence-electron chi connectivity index (χ4n) is 3.40. The fraction of sp³-hybridized carbons (Fsp3) is 0.167. The summed E-state index contributed by atoms with van der Waals surface area (Å²) in [5.41, 5.74) is 3.07. The van der Waals surface area contributed by atoms with E-state index in [0.29, 0.717) is 12.2 Å². The third-order valence-corrected chi connectivity index (χ3v) is 4.92. The zero-order valence-electron chi connectivity index (χ0n) is 16.3. The number of para-hydroxylation sites is 3. The molecule has 1 heterocycles. The van der Waals surface area contributed by atoms with E-state index in [1.807, 2.05) is 85.9 Å². The standard InChI is InChI=1S/C24H23N3O2/c1-27-22-15-9-8-14-20(22)25-23(27)16-21(18-10-4-2-5-11-18)26-24(28)17-29-19-12-6-3-7-13-19/h2-15,21H,16-17H2,1H3,(H,26,28)/t21-/m0/s1. The van der Waals surface area contributed by atoms with E-state index in [2.05, 4.69) is 16.0 Å².